The Hall–Kier alpha value is -7.21. The number of hydrogen-bond donors (Lipinski definition) is 3. The van der Waals surface area contributed by atoms with Gasteiger partial charge in [0.1, 0.15) is 17.0 Å². The summed E-state index contributed by atoms with van der Waals surface area (Å²) in [5, 5.41) is 13.6. The van der Waals surface area contributed by atoms with Crippen LogP contribution in [0, 0.1) is 27.7 Å². The molecule has 2 saturated heterocycles. The van der Waals surface area contributed by atoms with Gasteiger partial charge in [-0.15, -0.1) is 0 Å². The van der Waals surface area contributed by atoms with Crippen molar-refractivity contribution >= 4 is 50.3 Å². The van der Waals surface area contributed by atoms with E-state index in [2.05, 4.69) is 55.2 Å². The normalized spacial score (nSPS) is 14.7. The number of benzene rings is 2. The number of hydrogen-bond acceptors (Lipinski definition) is 13. The van der Waals surface area contributed by atoms with Gasteiger partial charge in [-0.25, -0.2) is 23.8 Å². The first kappa shape index (κ1) is 41.2. The Morgan fingerprint density at radius 2 is 1.08 bits per heavy atom. The van der Waals surface area contributed by atoms with Gasteiger partial charge in [0.25, 0.3) is 11.1 Å². The number of rotatable bonds is 4. The second-order valence-corrected chi connectivity index (χ2v) is 17.1. The van der Waals surface area contributed by atoms with Crippen molar-refractivity contribution in [3.05, 3.63) is 104 Å². The molecule has 2 aliphatic heterocycles. The van der Waals surface area contributed by atoms with Crippen LogP contribution in [0.2, 0.25) is 0 Å². The Morgan fingerprint density at radius 1 is 0.619 bits per heavy atom. The van der Waals surface area contributed by atoms with Crippen LogP contribution in [0.15, 0.2) is 70.5 Å². The van der Waals surface area contributed by atoms with Crippen LogP contribution >= 0.6 is 0 Å². The SMILES string of the molecule is Cc1cn2nc(-c3nc4ccc(N5CCN(C(=O)OC(C)(C)C)CC5)cc4c(=O)[nH]3)cc2c(C)n1.Cc1cn2nc(-c3nc4ccc(N5CCNCC5)cc4c(=O)[nH]3)cc2c(C)n1. The summed E-state index contributed by atoms with van der Waals surface area (Å²) in [4.78, 5) is 68.3. The van der Waals surface area contributed by atoms with Crippen LogP contribution in [0.25, 0.3) is 55.9 Å². The summed E-state index contributed by atoms with van der Waals surface area (Å²) < 4.78 is 9.02. The number of piperazine rings is 2. The van der Waals surface area contributed by atoms with Gasteiger partial charge in [0, 0.05) is 63.7 Å². The summed E-state index contributed by atoms with van der Waals surface area (Å²) in [6.45, 7) is 19.5. The van der Waals surface area contributed by atoms with E-state index in [1.54, 1.807) is 13.9 Å². The summed E-state index contributed by atoms with van der Waals surface area (Å²) in [6, 6.07) is 15.3. The predicted molar refractivity (Wildman–Crippen MR) is 243 cm³/mol. The van der Waals surface area contributed by atoms with Gasteiger partial charge in [0.05, 0.1) is 68.0 Å². The van der Waals surface area contributed by atoms with Gasteiger partial charge in [-0.1, -0.05) is 0 Å². The average molecular weight is 851 g/mol. The van der Waals surface area contributed by atoms with Gasteiger partial charge in [0.2, 0.25) is 0 Å². The Kier molecular flexibility index (Phi) is 10.6. The number of nitrogens with zero attached hydrogens (tertiary/aromatic N) is 11. The third-order valence-electron chi connectivity index (χ3n) is 11.2. The molecule has 0 atom stereocenters. The number of aromatic nitrogens is 10. The first-order chi connectivity index (χ1) is 30.2. The molecule has 10 rings (SSSR count). The summed E-state index contributed by atoms with van der Waals surface area (Å²) in [7, 11) is 0. The Bertz CT molecular complexity index is 3170. The highest BCUT2D eigenvalue weighted by molar-refractivity contribution is 5.84. The number of nitrogens with one attached hydrogen (secondary N) is 3. The molecule has 8 heterocycles. The van der Waals surface area contributed by atoms with Crippen molar-refractivity contribution in [3.8, 4) is 23.0 Å². The van der Waals surface area contributed by atoms with E-state index in [1.807, 2.05) is 109 Å². The molecular formula is C45H50N14O4. The van der Waals surface area contributed by atoms with Gasteiger partial charge in [0.15, 0.2) is 11.6 Å². The maximum Gasteiger partial charge on any atom is 0.410 e. The number of carbonyl (C=O) groups excluding carboxylic acids is 1. The van der Waals surface area contributed by atoms with Crippen molar-refractivity contribution in [3.63, 3.8) is 0 Å². The topological polar surface area (TPSA) is 200 Å². The molecule has 1 amide bonds. The molecule has 2 fully saturated rings. The van der Waals surface area contributed by atoms with E-state index in [4.69, 9.17) is 4.74 Å². The van der Waals surface area contributed by atoms with Crippen molar-refractivity contribution < 1.29 is 9.53 Å². The molecule has 18 nitrogen and oxygen atoms in total. The third kappa shape index (κ3) is 8.53. The minimum atomic E-state index is -0.516. The molecule has 0 saturated carbocycles. The Labute approximate surface area is 362 Å². The Balaban J connectivity index is 0.000000164. The lowest BCUT2D eigenvalue weighted by molar-refractivity contribution is 0.0240. The Morgan fingerprint density at radius 3 is 1.54 bits per heavy atom. The molecule has 18 heteroatoms. The van der Waals surface area contributed by atoms with Gasteiger partial charge < -0.3 is 34.7 Å². The fraction of sp³-hybridized carbons (Fsp3) is 0.356. The van der Waals surface area contributed by atoms with E-state index in [0.717, 1.165) is 71.4 Å². The summed E-state index contributed by atoms with van der Waals surface area (Å²) >= 11 is 0. The number of amides is 1. The molecule has 0 spiro atoms. The van der Waals surface area contributed by atoms with E-state index in [9.17, 15) is 14.4 Å². The van der Waals surface area contributed by atoms with E-state index in [-0.39, 0.29) is 17.2 Å². The van der Waals surface area contributed by atoms with Gasteiger partial charge in [-0.3, -0.25) is 19.6 Å². The minimum Gasteiger partial charge on any atom is -0.444 e. The average Bonchev–Trinajstić information content (AvgIpc) is 3.89. The molecule has 0 unspecified atom stereocenters. The lowest BCUT2D eigenvalue weighted by atomic mass is 10.2. The number of aromatic amines is 2. The number of ether oxygens (including phenoxy) is 1. The first-order valence-electron chi connectivity index (χ1n) is 21.1. The highest BCUT2D eigenvalue weighted by atomic mass is 16.6. The van der Waals surface area contributed by atoms with Crippen molar-refractivity contribution in [2.45, 2.75) is 54.1 Å². The number of aryl methyl sites for hydroxylation is 4. The van der Waals surface area contributed by atoms with Gasteiger partial charge in [-0.2, -0.15) is 10.2 Å². The number of fused-ring (bicyclic) bond motifs is 4. The monoisotopic (exact) mass is 850 g/mol. The van der Waals surface area contributed by atoms with Crippen LogP contribution in [0.3, 0.4) is 0 Å². The van der Waals surface area contributed by atoms with Crippen LogP contribution in [0.5, 0.6) is 0 Å². The third-order valence-corrected chi connectivity index (χ3v) is 11.2. The van der Waals surface area contributed by atoms with Crippen molar-refractivity contribution in [2.75, 3.05) is 62.2 Å². The summed E-state index contributed by atoms with van der Waals surface area (Å²) in [5.74, 6) is 0.884. The van der Waals surface area contributed by atoms with Crippen LogP contribution in [-0.2, 0) is 4.74 Å². The summed E-state index contributed by atoms with van der Waals surface area (Å²) in [5.41, 5.74) is 8.85. The van der Waals surface area contributed by atoms with E-state index in [1.165, 1.54) is 0 Å². The van der Waals surface area contributed by atoms with E-state index < -0.39 is 5.60 Å². The van der Waals surface area contributed by atoms with E-state index in [0.29, 0.717) is 71.0 Å². The quantitative estimate of drug-likeness (QED) is 0.215. The fourth-order valence-corrected chi connectivity index (χ4v) is 8.10. The predicted octanol–water partition coefficient (Wildman–Crippen LogP) is 4.97. The van der Waals surface area contributed by atoms with E-state index >= 15 is 0 Å². The molecular weight excluding hydrogens is 801 g/mol. The molecule has 6 aromatic heterocycles. The van der Waals surface area contributed by atoms with Crippen molar-refractivity contribution in [1.82, 2.24) is 59.3 Å². The molecule has 8 aromatic rings. The van der Waals surface area contributed by atoms with Gasteiger partial charge >= 0.3 is 6.09 Å². The highest BCUT2D eigenvalue weighted by Crippen LogP contribution is 2.25. The largest absolute Gasteiger partial charge is 0.444 e. The summed E-state index contributed by atoms with van der Waals surface area (Å²) in [6.07, 6.45) is 3.42. The van der Waals surface area contributed by atoms with Crippen LogP contribution in [0.1, 0.15) is 43.5 Å². The molecule has 63 heavy (non-hydrogen) atoms. The molecule has 2 aliphatic rings. The molecule has 2 aromatic carbocycles. The molecule has 0 aliphatic carbocycles. The van der Waals surface area contributed by atoms with Crippen molar-refractivity contribution in [1.29, 1.82) is 0 Å². The van der Waals surface area contributed by atoms with Crippen LogP contribution in [-0.4, -0.2) is 118 Å². The van der Waals surface area contributed by atoms with Crippen molar-refractivity contribution in [2.24, 2.45) is 0 Å². The zero-order valence-corrected chi connectivity index (χ0v) is 36.5. The second-order valence-electron chi connectivity index (χ2n) is 17.1. The molecule has 0 radical (unpaired) electrons. The highest BCUT2D eigenvalue weighted by Gasteiger charge is 2.26. The zero-order valence-electron chi connectivity index (χ0n) is 36.5. The molecule has 0 bridgehead atoms. The zero-order chi connectivity index (χ0) is 44.2. The maximum atomic E-state index is 13.0. The second kappa shape index (κ2) is 16.2. The molecule has 324 valence electrons. The lowest BCUT2D eigenvalue weighted by Gasteiger charge is -2.36. The number of H-pyrrole nitrogens is 2. The lowest BCUT2D eigenvalue weighted by Crippen LogP contribution is -2.50. The number of carbonyl (C=O) groups is 1. The number of anilines is 2. The first-order valence-corrected chi connectivity index (χ1v) is 21.1. The maximum absolute atomic E-state index is 13.0. The molecule has 3 N–H and O–H groups in total. The van der Waals surface area contributed by atoms with Crippen LogP contribution in [0.4, 0.5) is 16.2 Å². The fourth-order valence-electron chi connectivity index (χ4n) is 8.10. The van der Waals surface area contributed by atoms with Gasteiger partial charge in [-0.05, 0) is 97.0 Å². The standard InChI is InChI=1S/C25H29N7O3.C20H21N7O/c1-15-14-32-21(16(2)26-15)13-20(29-32)22-27-19-7-6-17(12-18(19)23(33)28-22)30-8-10-31(11-9-30)24(34)35-25(3,4)5;1-12-11-27-18(13(2)22-12)10-17(25-27)19-23-16-4-3-14(9-15(16)20(28)24-19)26-7-5-21-6-8-26/h6-7,12-14H,8-11H2,1-5H3,(H,27,28,33);3-4,9-11,21H,5-8H2,1-2H3,(H,23,24,28). The minimum absolute atomic E-state index is 0.153. The smallest absolute Gasteiger partial charge is 0.410 e. The van der Waals surface area contributed by atoms with Crippen LogP contribution < -0.4 is 26.2 Å².